The SMILES string of the molecule is CCN(CC)c1ccc(NC(=O)Cc2ccc(F)cc2)nc1. The number of carbonyl (C=O) groups is 1. The third-order valence-corrected chi connectivity index (χ3v) is 3.42. The molecule has 2 rings (SSSR count). The van der Waals surface area contributed by atoms with Crippen molar-refractivity contribution < 1.29 is 9.18 Å². The third-order valence-electron chi connectivity index (χ3n) is 3.42. The molecule has 2 aromatic rings. The van der Waals surface area contributed by atoms with Crippen LogP contribution in [0.25, 0.3) is 0 Å². The Bertz CT molecular complexity index is 607. The first-order valence-corrected chi connectivity index (χ1v) is 7.37. The van der Waals surface area contributed by atoms with Crippen LogP contribution < -0.4 is 10.2 Å². The quantitative estimate of drug-likeness (QED) is 0.891. The molecule has 0 aliphatic rings. The van der Waals surface area contributed by atoms with Crippen LogP contribution in [0, 0.1) is 5.82 Å². The molecule has 0 aliphatic heterocycles. The maximum atomic E-state index is 12.8. The second-order valence-corrected chi connectivity index (χ2v) is 4.93. The van der Waals surface area contributed by atoms with Crippen molar-refractivity contribution in [2.75, 3.05) is 23.3 Å². The fourth-order valence-corrected chi connectivity index (χ4v) is 2.21. The van der Waals surface area contributed by atoms with Gasteiger partial charge in [0.1, 0.15) is 11.6 Å². The smallest absolute Gasteiger partial charge is 0.229 e. The number of rotatable bonds is 6. The summed E-state index contributed by atoms with van der Waals surface area (Å²) in [5, 5.41) is 2.74. The number of anilines is 2. The van der Waals surface area contributed by atoms with Crippen molar-refractivity contribution >= 4 is 17.4 Å². The molecule has 1 heterocycles. The Morgan fingerprint density at radius 1 is 1.14 bits per heavy atom. The summed E-state index contributed by atoms with van der Waals surface area (Å²) in [7, 11) is 0. The Morgan fingerprint density at radius 2 is 1.82 bits per heavy atom. The summed E-state index contributed by atoms with van der Waals surface area (Å²) in [6.45, 7) is 5.99. The summed E-state index contributed by atoms with van der Waals surface area (Å²) in [5.41, 5.74) is 1.79. The van der Waals surface area contributed by atoms with Crippen LogP contribution in [-0.2, 0) is 11.2 Å². The van der Waals surface area contributed by atoms with E-state index < -0.39 is 0 Å². The number of benzene rings is 1. The maximum Gasteiger partial charge on any atom is 0.229 e. The van der Waals surface area contributed by atoms with Gasteiger partial charge in [-0.15, -0.1) is 0 Å². The van der Waals surface area contributed by atoms with Crippen LogP contribution in [0.1, 0.15) is 19.4 Å². The second kappa shape index (κ2) is 7.54. The van der Waals surface area contributed by atoms with Crippen LogP contribution in [-0.4, -0.2) is 24.0 Å². The molecule has 0 bridgehead atoms. The van der Waals surface area contributed by atoms with Crippen molar-refractivity contribution in [1.29, 1.82) is 0 Å². The van der Waals surface area contributed by atoms with Gasteiger partial charge in [0.2, 0.25) is 5.91 Å². The van der Waals surface area contributed by atoms with Gasteiger partial charge >= 0.3 is 0 Å². The van der Waals surface area contributed by atoms with Gasteiger partial charge in [0.15, 0.2) is 0 Å². The minimum atomic E-state index is -0.308. The Labute approximate surface area is 130 Å². The molecule has 1 N–H and O–H groups in total. The molecule has 0 atom stereocenters. The van der Waals surface area contributed by atoms with Crippen molar-refractivity contribution in [1.82, 2.24) is 4.98 Å². The average Bonchev–Trinajstić information content (AvgIpc) is 2.52. The number of amides is 1. The zero-order chi connectivity index (χ0) is 15.9. The zero-order valence-corrected chi connectivity index (χ0v) is 12.8. The summed E-state index contributed by atoms with van der Waals surface area (Å²) in [6.07, 6.45) is 1.94. The van der Waals surface area contributed by atoms with Gasteiger partial charge < -0.3 is 10.2 Å². The number of hydrogen-bond acceptors (Lipinski definition) is 3. The van der Waals surface area contributed by atoms with Gasteiger partial charge in [0.25, 0.3) is 0 Å². The highest BCUT2D eigenvalue weighted by molar-refractivity contribution is 5.91. The lowest BCUT2D eigenvalue weighted by Crippen LogP contribution is -2.22. The molecule has 22 heavy (non-hydrogen) atoms. The number of halogens is 1. The molecule has 0 fully saturated rings. The molecule has 1 aromatic heterocycles. The first-order valence-electron chi connectivity index (χ1n) is 7.37. The topological polar surface area (TPSA) is 45.2 Å². The van der Waals surface area contributed by atoms with E-state index in [9.17, 15) is 9.18 Å². The van der Waals surface area contributed by atoms with E-state index in [1.54, 1.807) is 24.4 Å². The summed E-state index contributed by atoms with van der Waals surface area (Å²) in [6, 6.07) is 9.63. The normalized spacial score (nSPS) is 10.3. The van der Waals surface area contributed by atoms with Crippen LogP contribution in [0.5, 0.6) is 0 Å². The Morgan fingerprint density at radius 3 is 2.36 bits per heavy atom. The van der Waals surface area contributed by atoms with Gasteiger partial charge in [-0.2, -0.15) is 0 Å². The predicted octanol–water partition coefficient (Wildman–Crippen LogP) is 3.25. The molecule has 0 aliphatic carbocycles. The molecule has 4 nitrogen and oxygen atoms in total. The summed E-state index contributed by atoms with van der Waals surface area (Å²) < 4.78 is 12.8. The molecule has 1 amide bonds. The number of pyridine rings is 1. The van der Waals surface area contributed by atoms with Crippen molar-refractivity contribution in [2.24, 2.45) is 0 Å². The maximum absolute atomic E-state index is 12.8. The highest BCUT2D eigenvalue weighted by Gasteiger charge is 2.07. The van der Waals surface area contributed by atoms with E-state index in [1.807, 2.05) is 6.07 Å². The molecule has 0 spiro atoms. The van der Waals surface area contributed by atoms with E-state index >= 15 is 0 Å². The Balaban J connectivity index is 1.95. The van der Waals surface area contributed by atoms with E-state index in [4.69, 9.17) is 0 Å². The van der Waals surface area contributed by atoms with E-state index in [0.717, 1.165) is 24.3 Å². The fraction of sp³-hybridized carbons (Fsp3) is 0.294. The molecule has 116 valence electrons. The van der Waals surface area contributed by atoms with Crippen LogP contribution in [0.4, 0.5) is 15.9 Å². The molecule has 5 heteroatoms. The molecule has 0 saturated heterocycles. The van der Waals surface area contributed by atoms with Gasteiger partial charge in [-0.25, -0.2) is 9.37 Å². The molecular formula is C17H20FN3O. The molecule has 0 radical (unpaired) electrons. The summed E-state index contributed by atoms with van der Waals surface area (Å²) >= 11 is 0. The largest absolute Gasteiger partial charge is 0.371 e. The highest BCUT2D eigenvalue weighted by atomic mass is 19.1. The number of nitrogens with zero attached hydrogens (tertiary/aromatic N) is 2. The second-order valence-electron chi connectivity index (χ2n) is 4.93. The number of carbonyl (C=O) groups excluding carboxylic acids is 1. The predicted molar refractivity (Wildman–Crippen MR) is 86.5 cm³/mol. The lowest BCUT2D eigenvalue weighted by molar-refractivity contribution is -0.115. The van der Waals surface area contributed by atoms with E-state index in [-0.39, 0.29) is 18.1 Å². The van der Waals surface area contributed by atoms with Crippen molar-refractivity contribution in [3.63, 3.8) is 0 Å². The minimum Gasteiger partial charge on any atom is -0.371 e. The molecule has 0 unspecified atom stereocenters. The average molecular weight is 301 g/mol. The summed E-state index contributed by atoms with van der Waals surface area (Å²) in [5.74, 6) is 0.0375. The van der Waals surface area contributed by atoms with Gasteiger partial charge in [0.05, 0.1) is 18.3 Å². The first-order chi connectivity index (χ1) is 10.6. The molecule has 0 saturated carbocycles. The summed E-state index contributed by atoms with van der Waals surface area (Å²) in [4.78, 5) is 18.4. The Hall–Kier alpha value is -2.43. The molecular weight excluding hydrogens is 281 g/mol. The van der Waals surface area contributed by atoms with Crippen molar-refractivity contribution in [3.8, 4) is 0 Å². The highest BCUT2D eigenvalue weighted by Crippen LogP contribution is 2.15. The first kappa shape index (κ1) is 15.9. The zero-order valence-electron chi connectivity index (χ0n) is 12.8. The van der Waals surface area contributed by atoms with Crippen molar-refractivity contribution in [3.05, 3.63) is 54.0 Å². The van der Waals surface area contributed by atoms with Crippen LogP contribution in [0.2, 0.25) is 0 Å². The standard InChI is InChI=1S/C17H20FN3O/c1-3-21(4-2)15-9-10-16(19-12-15)20-17(22)11-13-5-7-14(18)8-6-13/h5-10,12H,3-4,11H2,1-2H3,(H,19,20,22). The number of nitrogens with one attached hydrogen (secondary N) is 1. The lowest BCUT2D eigenvalue weighted by Gasteiger charge is -2.20. The van der Waals surface area contributed by atoms with Crippen LogP contribution in [0.3, 0.4) is 0 Å². The van der Waals surface area contributed by atoms with Gasteiger partial charge in [-0.05, 0) is 43.7 Å². The van der Waals surface area contributed by atoms with Gasteiger partial charge in [-0.3, -0.25) is 4.79 Å². The number of hydrogen-bond donors (Lipinski definition) is 1. The van der Waals surface area contributed by atoms with E-state index in [2.05, 4.69) is 29.0 Å². The Kier molecular flexibility index (Phi) is 5.47. The molecule has 1 aromatic carbocycles. The fourth-order valence-electron chi connectivity index (χ4n) is 2.21. The van der Waals surface area contributed by atoms with E-state index in [0.29, 0.717) is 5.82 Å². The number of aromatic nitrogens is 1. The van der Waals surface area contributed by atoms with E-state index in [1.165, 1.54) is 12.1 Å². The van der Waals surface area contributed by atoms with Crippen LogP contribution >= 0.6 is 0 Å². The third kappa shape index (κ3) is 4.28. The van der Waals surface area contributed by atoms with Gasteiger partial charge in [0, 0.05) is 13.1 Å². The lowest BCUT2D eigenvalue weighted by atomic mass is 10.1. The van der Waals surface area contributed by atoms with Crippen LogP contribution in [0.15, 0.2) is 42.6 Å². The minimum absolute atomic E-state index is 0.172. The monoisotopic (exact) mass is 301 g/mol. The van der Waals surface area contributed by atoms with Crippen molar-refractivity contribution in [2.45, 2.75) is 20.3 Å². The van der Waals surface area contributed by atoms with Gasteiger partial charge in [-0.1, -0.05) is 12.1 Å².